The number of imidazole rings is 1. The van der Waals surface area contributed by atoms with Gasteiger partial charge in [-0.3, -0.25) is 0 Å². The fourth-order valence-electron chi connectivity index (χ4n) is 2.69. The molecule has 1 heterocycles. The first kappa shape index (κ1) is 13.8. The first-order chi connectivity index (χ1) is 10.2. The predicted octanol–water partition coefficient (Wildman–Crippen LogP) is 3.44. The third-order valence-corrected chi connectivity index (χ3v) is 3.69. The molecule has 0 aliphatic rings. The minimum Gasteiger partial charge on any atom is -0.327 e. The molecule has 0 saturated carbocycles. The number of nitrogens with two attached hydrogens (primary N) is 1. The first-order valence-electron chi connectivity index (χ1n) is 7.14. The molecule has 4 heteroatoms. The number of hydrogen-bond acceptors (Lipinski definition) is 2. The van der Waals surface area contributed by atoms with Crippen molar-refractivity contribution in [1.29, 1.82) is 0 Å². The van der Waals surface area contributed by atoms with Crippen LogP contribution in [-0.2, 0) is 13.0 Å². The van der Waals surface area contributed by atoms with Gasteiger partial charge < -0.3 is 10.3 Å². The Kier molecular flexibility index (Phi) is 3.71. The van der Waals surface area contributed by atoms with E-state index in [-0.39, 0.29) is 11.9 Å². The van der Waals surface area contributed by atoms with Crippen molar-refractivity contribution in [3.63, 3.8) is 0 Å². The van der Waals surface area contributed by atoms with Gasteiger partial charge in [-0.25, -0.2) is 9.37 Å². The standard InChI is InChI=1S/C17H18FN3/c1-2-21-16-11-13(18)8-9-15(16)20-17(21)14(19)10-12-6-4-3-5-7-12/h3-9,11,14H,2,10,19H2,1H3. The van der Waals surface area contributed by atoms with E-state index in [2.05, 4.69) is 17.1 Å². The number of nitrogens with zero attached hydrogens (tertiary/aromatic N) is 2. The second-order valence-electron chi connectivity index (χ2n) is 5.14. The third-order valence-electron chi connectivity index (χ3n) is 3.69. The summed E-state index contributed by atoms with van der Waals surface area (Å²) in [5.41, 5.74) is 9.09. The van der Waals surface area contributed by atoms with Gasteiger partial charge in [-0.2, -0.15) is 0 Å². The lowest BCUT2D eigenvalue weighted by Gasteiger charge is -2.13. The zero-order valence-electron chi connectivity index (χ0n) is 12.0. The molecule has 0 radical (unpaired) electrons. The van der Waals surface area contributed by atoms with Gasteiger partial charge in [-0.05, 0) is 37.1 Å². The van der Waals surface area contributed by atoms with E-state index >= 15 is 0 Å². The highest BCUT2D eigenvalue weighted by Gasteiger charge is 2.17. The fraction of sp³-hybridized carbons (Fsp3) is 0.235. The average molecular weight is 283 g/mol. The monoisotopic (exact) mass is 283 g/mol. The summed E-state index contributed by atoms with van der Waals surface area (Å²) in [7, 11) is 0. The second-order valence-corrected chi connectivity index (χ2v) is 5.14. The van der Waals surface area contributed by atoms with Crippen LogP contribution in [0.1, 0.15) is 24.4 Å². The molecule has 0 saturated heterocycles. The third kappa shape index (κ3) is 2.67. The van der Waals surface area contributed by atoms with Gasteiger partial charge in [0.15, 0.2) is 0 Å². The van der Waals surface area contributed by atoms with E-state index in [1.807, 2.05) is 29.7 Å². The van der Waals surface area contributed by atoms with E-state index in [1.54, 1.807) is 6.07 Å². The highest BCUT2D eigenvalue weighted by molar-refractivity contribution is 5.76. The van der Waals surface area contributed by atoms with Gasteiger partial charge in [0.1, 0.15) is 11.6 Å². The Balaban J connectivity index is 1.99. The number of halogens is 1. The molecule has 108 valence electrons. The average Bonchev–Trinajstić information content (AvgIpc) is 2.86. The Bertz CT molecular complexity index is 749. The maximum absolute atomic E-state index is 13.4. The topological polar surface area (TPSA) is 43.8 Å². The van der Waals surface area contributed by atoms with Gasteiger partial charge in [-0.1, -0.05) is 30.3 Å². The van der Waals surface area contributed by atoms with Crippen molar-refractivity contribution in [3.05, 3.63) is 65.7 Å². The van der Waals surface area contributed by atoms with E-state index in [0.29, 0.717) is 6.42 Å². The first-order valence-corrected chi connectivity index (χ1v) is 7.14. The molecule has 1 aromatic heterocycles. The molecule has 1 unspecified atom stereocenters. The summed E-state index contributed by atoms with van der Waals surface area (Å²) in [6.07, 6.45) is 0.715. The molecule has 0 aliphatic carbocycles. The molecule has 1 atom stereocenters. The molecular weight excluding hydrogens is 265 g/mol. The van der Waals surface area contributed by atoms with Gasteiger partial charge in [-0.15, -0.1) is 0 Å². The van der Waals surface area contributed by atoms with Crippen molar-refractivity contribution in [1.82, 2.24) is 9.55 Å². The molecule has 0 amide bonds. The summed E-state index contributed by atoms with van der Waals surface area (Å²) in [6, 6.07) is 14.5. The Labute approximate surface area is 123 Å². The molecule has 0 spiro atoms. The van der Waals surface area contributed by atoms with Gasteiger partial charge in [0, 0.05) is 6.54 Å². The number of aromatic nitrogens is 2. The van der Waals surface area contributed by atoms with Gasteiger partial charge in [0.25, 0.3) is 0 Å². The minimum atomic E-state index is -0.250. The molecular formula is C17H18FN3. The quantitative estimate of drug-likeness (QED) is 0.797. The maximum Gasteiger partial charge on any atom is 0.127 e. The van der Waals surface area contributed by atoms with Crippen molar-refractivity contribution in [2.45, 2.75) is 25.9 Å². The van der Waals surface area contributed by atoms with Crippen molar-refractivity contribution in [2.24, 2.45) is 5.73 Å². The van der Waals surface area contributed by atoms with E-state index in [9.17, 15) is 4.39 Å². The Hall–Kier alpha value is -2.20. The van der Waals surface area contributed by atoms with Crippen LogP contribution in [0.3, 0.4) is 0 Å². The van der Waals surface area contributed by atoms with Gasteiger partial charge in [0.2, 0.25) is 0 Å². The summed E-state index contributed by atoms with van der Waals surface area (Å²) in [4.78, 5) is 4.59. The zero-order valence-corrected chi connectivity index (χ0v) is 12.0. The molecule has 3 rings (SSSR count). The normalized spacial score (nSPS) is 12.7. The summed E-state index contributed by atoms with van der Waals surface area (Å²) in [5, 5.41) is 0. The van der Waals surface area contributed by atoms with E-state index < -0.39 is 0 Å². The lowest BCUT2D eigenvalue weighted by Crippen LogP contribution is -2.18. The number of hydrogen-bond donors (Lipinski definition) is 1. The molecule has 3 aromatic rings. The maximum atomic E-state index is 13.4. The molecule has 0 aliphatic heterocycles. The van der Waals surface area contributed by atoms with Gasteiger partial charge in [0.05, 0.1) is 17.1 Å². The number of rotatable bonds is 4. The lowest BCUT2D eigenvalue weighted by molar-refractivity contribution is 0.606. The Morgan fingerprint density at radius 1 is 1.19 bits per heavy atom. The van der Waals surface area contributed by atoms with Crippen LogP contribution in [0.2, 0.25) is 0 Å². The molecule has 0 bridgehead atoms. The molecule has 2 N–H and O–H groups in total. The van der Waals surface area contributed by atoms with E-state index in [1.165, 1.54) is 17.7 Å². The Morgan fingerprint density at radius 2 is 1.95 bits per heavy atom. The summed E-state index contributed by atoms with van der Waals surface area (Å²) < 4.78 is 15.4. The SMILES string of the molecule is CCn1c(C(N)Cc2ccccc2)nc2ccc(F)cc21. The van der Waals surface area contributed by atoms with Crippen LogP contribution in [0.15, 0.2) is 48.5 Å². The van der Waals surface area contributed by atoms with Crippen molar-refractivity contribution >= 4 is 11.0 Å². The van der Waals surface area contributed by atoms with E-state index in [4.69, 9.17) is 5.73 Å². The minimum absolute atomic E-state index is 0.206. The second kappa shape index (κ2) is 5.66. The molecule has 21 heavy (non-hydrogen) atoms. The van der Waals surface area contributed by atoms with Crippen LogP contribution >= 0.6 is 0 Å². The van der Waals surface area contributed by atoms with Crippen LogP contribution in [0.25, 0.3) is 11.0 Å². The highest BCUT2D eigenvalue weighted by atomic mass is 19.1. The van der Waals surface area contributed by atoms with Crippen LogP contribution in [0, 0.1) is 5.82 Å². The van der Waals surface area contributed by atoms with Crippen molar-refractivity contribution in [3.8, 4) is 0 Å². The van der Waals surface area contributed by atoms with Crippen LogP contribution in [0.5, 0.6) is 0 Å². The van der Waals surface area contributed by atoms with Gasteiger partial charge >= 0.3 is 0 Å². The fourth-order valence-corrected chi connectivity index (χ4v) is 2.69. The van der Waals surface area contributed by atoms with Crippen LogP contribution in [0.4, 0.5) is 4.39 Å². The lowest BCUT2D eigenvalue weighted by atomic mass is 10.1. The summed E-state index contributed by atoms with van der Waals surface area (Å²) >= 11 is 0. The zero-order chi connectivity index (χ0) is 14.8. The van der Waals surface area contributed by atoms with E-state index in [0.717, 1.165) is 23.4 Å². The molecule has 3 nitrogen and oxygen atoms in total. The highest BCUT2D eigenvalue weighted by Crippen LogP contribution is 2.23. The van der Waals surface area contributed by atoms with Crippen molar-refractivity contribution in [2.75, 3.05) is 0 Å². The number of fused-ring (bicyclic) bond motifs is 1. The summed E-state index contributed by atoms with van der Waals surface area (Å²) in [5.74, 6) is 0.558. The molecule has 2 aromatic carbocycles. The number of aryl methyl sites for hydroxylation is 1. The Morgan fingerprint density at radius 3 is 2.67 bits per heavy atom. The molecule has 0 fully saturated rings. The summed E-state index contributed by atoms with van der Waals surface area (Å²) in [6.45, 7) is 2.74. The smallest absolute Gasteiger partial charge is 0.127 e. The van der Waals surface area contributed by atoms with Crippen LogP contribution < -0.4 is 5.73 Å². The largest absolute Gasteiger partial charge is 0.327 e. The predicted molar refractivity (Wildman–Crippen MR) is 82.4 cm³/mol. The van der Waals surface area contributed by atoms with Crippen molar-refractivity contribution < 1.29 is 4.39 Å². The number of benzene rings is 2. The van der Waals surface area contributed by atoms with Crippen LogP contribution in [-0.4, -0.2) is 9.55 Å².